The van der Waals surface area contributed by atoms with Crippen molar-refractivity contribution >= 4 is 23.8 Å². The zero-order valence-electron chi connectivity index (χ0n) is 21.3. The summed E-state index contributed by atoms with van der Waals surface area (Å²) in [5.41, 5.74) is -1.94. The fourth-order valence-corrected chi connectivity index (χ4v) is 4.38. The van der Waals surface area contributed by atoms with E-state index in [1.807, 2.05) is 34.6 Å². The standard InChI is InChI=1S/C24H40N4O6/c1-17(2)20(30)24-10-12-28(16-24)22(32)34-14-8-7-13-33-21(31)27(6)11-9-23(5,26-18(3)4)19(29)15-25-24/h7-8,17-18,25-26H,9-16H2,1-6H3/t23-,24-/m0/s1. The number of nitrogens with one attached hydrogen (secondary N) is 2. The average molecular weight is 481 g/mol. The van der Waals surface area contributed by atoms with Gasteiger partial charge in [-0.2, -0.15) is 0 Å². The predicted octanol–water partition coefficient (Wildman–Crippen LogP) is 1.74. The number of ketones is 2. The third kappa shape index (κ3) is 7.02. The first kappa shape index (κ1) is 27.8. The van der Waals surface area contributed by atoms with E-state index in [0.29, 0.717) is 25.9 Å². The first-order valence-corrected chi connectivity index (χ1v) is 11.9. The number of hydrogen-bond donors (Lipinski definition) is 2. The van der Waals surface area contributed by atoms with Crippen molar-refractivity contribution in [2.75, 3.05) is 46.4 Å². The molecule has 0 aromatic heterocycles. The number of nitrogens with zero attached hydrogens (tertiary/aromatic N) is 2. The van der Waals surface area contributed by atoms with Crippen molar-refractivity contribution in [3.8, 4) is 0 Å². The van der Waals surface area contributed by atoms with Gasteiger partial charge in [0, 0.05) is 38.6 Å². The number of carbonyl (C=O) groups is 4. The Bertz CT molecular complexity index is 798. The van der Waals surface area contributed by atoms with Gasteiger partial charge >= 0.3 is 12.2 Å². The molecule has 192 valence electrons. The van der Waals surface area contributed by atoms with Crippen LogP contribution in [0.4, 0.5) is 9.59 Å². The predicted molar refractivity (Wildman–Crippen MR) is 128 cm³/mol. The number of fused-ring (bicyclic) bond motifs is 2. The summed E-state index contributed by atoms with van der Waals surface area (Å²) in [6.07, 6.45) is 2.95. The van der Waals surface area contributed by atoms with Crippen LogP contribution in [0.2, 0.25) is 0 Å². The lowest BCUT2D eigenvalue weighted by atomic mass is 9.85. The van der Waals surface area contributed by atoms with Crippen LogP contribution in [0.25, 0.3) is 0 Å². The maximum absolute atomic E-state index is 13.4. The molecule has 0 unspecified atom stereocenters. The smallest absolute Gasteiger partial charge is 0.410 e. The van der Waals surface area contributed by atoms with Gasteiger partial charge in [-0.25, -0.2) is 9.59 Å². The summed E-state index contributed by atoms with van der Waals surface area (Å²) >= 11 is 0. The molecule has 2 bridgehead atoms. The van der Waals surface area contributed by atoms with E-state index in [0.717, 1.165) is 0 Å². The lowest BCUT2D eigenvalue weighted by molar-refractivity contribution is -0.129. The SMILES string of the molecule is CC(C)N[C@@]1(C)CCN(C)C(=O)OCC=CCOC(=O)N2CC[C@@](C(=O)C(C)C)(C2)NCC1=O. The highest BCUT2D eigenvalue weighted by Gasteiger charge is 2.47. The molecule has 0 aromatic rings. The van der Waals surface area contributed by atoms with E-state index in [1.54, 1.807) is 19.2 Å². The number of hydrogen-bond acceptors (Lipinski definition) is 8. The molecule has 1 saturated heterocycles. The fraction of sp³-hybridized carbons (Fsp3) is 0.750. The molecule has 2 amide bonds. The Labute approximate surface area is 202 Å². The van der Waals surface area contributed by atoms with E-state index >= 15 is 0 Å². The van der Waals surface area contributed by atoms with Crippen molar-refractivity contribution in [2.24, 2.45) is 5.92 Å². The van der Waals surface area contributed by atoms with Crippen molar-refractivity contribution in [3.63, 3.8) is 0 Å². The summed E-state index contributed by atoms with van der Waals surface area (Å²) in [6.45, 7) is 10.2. The van der Waals surface area contributed by atoms with Gasteiger partial charge in [0.1, 0.15) is 13.2 Å². The van der Waals surface area contributed by atoms with Gasteiger partial charge in [0.15, 0.2) is 11.6 Å². The zero-order chi connectivity index (χ0) is 25.5. The average Bonchev–Trinajstić information content (AvgIpc) is 3.21. The molecule has 0 radical (unpaired) electrons. The molecule has 10 nitrogen and oxygen atoms in total. The van der Waals surface area contributed by atoms with E-state index in [1.165, 1.54) is 9.80 Å². The molecule has 2 rings (SSSR count). The number of Topliss-reactive ketones (excluding diaryl/α,β-unsaturated/α-hetero) is 2. The molecule has 10 heteroatoms. The number of carbonyl (C=O) groups excluding carboxylic acids is 4. The number of rotatable bonds is 4. The van der Waals surface area contributed by atoms with Crippen LogP contribution in [0.1, 0.15) is 47.5 Å². The Kier molecular flexibility index (Phi) is 9.64. The Hall–Kier alpha value is -2.46. The molecule has 0 spiro atoms. The van der Waals surface area contributed by atoms with Gasteiger partial charge in [0.2, 0.25) is 0 Å². The minimum absolute atomic E-state index is 0.0252. The van der Waals surface area contributed by atoms with E-state index in [2.05, 4.69) is 10.6 Å². The molecule has 2 atom stereocenters. The molecule has 2 aliphatic rings. The third-order valence-electron chi connectivity index (χ3n) is 6.37. The second-order valence-corrected chi connectivity index (χ2v) is 9.98. The molecular formula is C24H40N4O6. The fourth-order valence-electron chi connectivity index (χ4n) is 4.38. The van der Waals surface area contributed by atoms with Crippen LogP contribution in [-0.4, -0.2) is 97.1 Å². The van der Waals surface area contributed by atoms with Crippen molar-refractivity contribution in [3.05, 3.63) is 12.2 Å². The number of ether oxygens (including phenoxy) is 2. The molecule has 2 heterocycles. The van der Waals surface area contributed by atoms with Crippen molar-refractivity contribution < 1.29 is 28.7 Å². The summed E-state index contributed by atoms with van der Waals surface area (Å²) in [5, 5.41) is 6.55. The largest absolute Gasteiger partial charge is 0.445 e. The zero-order valence-corrected chi connectivity index (χ0v) is 21.3. The Morgan fingerprint density at radius 2 is 1.65 bits per heavy atom. The Morgan fingerprint density at radius 1 is 1.03 bits per heavy atom. The van der Waals surface area contributed by atoms with Gasteiger partial charge in [0.05, 0.1) is 17.6 Å². The van der Waals surface area contributed by atoms with Crippen LogP contribution in [0.15, 0.2) is 12.2 Å². The third-order valence-corrected chi connectivity index (χ3v) is 6.37. The van der Waals surface area contributed by atoms with Gasteiger partial charge in [0.25, 0.3) is 0 Å². The normalized spacial score (nSPS) is 28.1. The molecule has 0 saturated carbocycles. The van der Waals surface area contributed by atoms with Crippen molar-refractivity contribution in [1.29, 1.82) is 0 Å². The van der Waals surface area contributed by atoms with Gasteiger partial charge in [-0.15, -0.1) is 0 Å². The number of amides is 2. The summed E-state index contributed by atoms with van der Waals surface area (Å²) in [5.74, 6) is -0.422. The topological polar surface area (TPSA) is 117 Å². The quantitative estimate of drug-likeness (QED) is 0.585. The minimum atomic E-state index is -1.01. The second-order valence-electron chi connectivity index (χ2n) is 9.98. The van der Waals surface area contributed by atoms with E-state index in [-0.39, 0.29) is 49.8 Å². The first-order chi connectivity index (χ1) is 15.9. The highest BCUT2D eigenvalue weighted by Crippen LogP contribution is 2.27. The monoisotopic (exact) mass is 480 g/mol. The van der Waals surface area contributed by atoms with Crippen LogP contribution < -0.4 is 10.6 Å². The van der Waals surface area contributed by atoms with Gasteiger partial charge in [-0.05, 0) is 45.8 Å². The molecule has 34 heavy (non-hydrogen) atoms. The maximum Gasteiger partial charge on any atom is 0.410 e. The Balaban J connectivity index is 2.32. The van der Waals surface area contributed by atoms with Gasteiger partial charge in [-0.3, -0.25) is 14.9 Å². The van der Waals surface area contributed by atoms with Gasteiger partial charge < -0.3 is 24.6 Å². The van der Waals surface area contributed by atoms with Crippen LogP contribution in [-0.2, 0) is 19.1 Å². The first-order valence-electron chi connectivity index (χ1n) is 11.9. The lowest BCUT2D eigenvalue weighted by Gasteiger charge is -2.36. The highest BCUT2D eigenvalue weighted by molar-refractivity contribution is 5.94. The summed E-state index contributed by atoms with van der Waals surface area (Å²) < 4.78 is 10.5. The molecule has 2 aliphatic heterocycles. The van der Waals surface area contributed by atoms with Crippen molar-refractivity contribution in [2.45, 2.75) is 64.6 Å². The summed E-state index contributed by atoms with van der Waals surface area (Å²) in [7, 11) is 1.62. The maximum atomic E-state index is 13.4. The Morgan fingerprint density at radius 3 is 2.24 bits per heavy atom. The van der Waals surface area contributed by atoms with Crippen LogP contribution in [0, 0.1) is 5.92 Å². The highest BCUT2D eigenvalue weighted by atomic mass is 16.6. The second kappa shape index (κ2) is 11.8. The summed E-state index contributed by atoms with van der Waals surface area (Å²) in [4.78, 5) is 54.4. The molecular weight excluding hydrogens is 440 g/mol. The van der Waals surface area contributed by atoms with E-state index in [9.17, 15) is 19.2 Å². The van der Waals surface area contributed by atoms with Crippen LogP contribution in [0.5, 0.6) is 0 Å². The van der Waals surface area contributed by atoms with Crippen molar-refractivity contribution in [1.82, 2.24) is 20.4 Å². The van der Waals surface area contributed by atoms with Crippen LogP contribution in [0.3, 0.4) is 0 Å². The van der Waals surface area contributed by atoms with E-state index < -0.39 is 23.3 Å². The molecule has 0 aromatic carbocycles. The van der Waals surface area contributed by atoms with E-state index in [4.69, 9.17) is 9.47 Å². The van der Waals surface area contributed by atoms with Gasteiger partial charge in [-0.1, -0.05) is 13.8 Å². The summed E-state index contributed by atoms with van der Waals surface area (Å²) in [6, 6.07) is 0.0252. The molecule has 2 N–H and O–H groups in total. The number of cyclic esters (lactones) is 2. The minimum Gasteiger partial charge on any atom is -0.445 e. The van der Waals surface area contributed by atoms with Crippen LogP contribution >= 0.6 is 0 Å². The molecule has 1 fully saturated rings. The lowest BCUT2D eigenvalue weighted by Crippen LogP contribution is -2.61. The molecule has 0 aliphatic carbocycles.